The minimum absolute atomic E-state index is 0.242. The zero-order chi connectivity index (χ0) is 21.0. The summed E-state index contributed by atoms with van der Waals surface area (Å²) in [6.45, 7) is 1.73. The second kappa shape index (κ2) is 9.13. The number of amides is 3. The topological polar surface area (TPSA) is 80.3 Å². The van der Waals surface area contributed by atoms with E-state index in [4.69, 9.17) is 39.5 Å². The average molecular weight is 451 g/mol. The van der Waals surface area contributed by atoms with Crippen molar-refractivity contribution in [3.8, 4) is 11.6 Å². The molecule has 0 aliphatic rings. The zero-order valence-corrected chi connectivity index (χ0v) is 17.3. The highest BCUT2D eigenvalue weighted by molar-refractivity contribution is 6.35. The molecule has 6 nitrogen and oxygen atoms in total. The Balaban J connectivity index is 1.62. The number of hydrogen-bond donors (Lipinski definition) is 2. The van der Waals surface area contributed by atoms with Gasteiger partial charge in [0.25, 0.3) is 5.91 Å². The Labute approximate surface area is 181 Å². The van der Waals surface area contributed by atoms with Gasteiger partial charge in [0.1, 0.15) is 5.75 Å². The van der Waals surface area contributed by atoms with Crippen molar-refractivity contribution in [1.82, 2.24) is 10.3 Å². The van der Waals surface area contributed by atoms with Crippen LogP contribution in [0.1, 0.15) is 15.9 Å². The van der Waals surface area contributed by atoms with Crippen molar-refractivity contribution in [2.24, 2.45) is 0 Å². The number of rotatable bonds is 4. The van der Waals surface area contributed by atoms with E-state index in [-0.39, 0.29) is 16.5 Å². The van der Waals surface area contributed by atoms with Gasteiger partial charge in [-0.1, -0.05) is 46.9 Å². The van der Waals surface area contributed by atoms with Crippen LogP contribution in [0.25, 0.3) is 0 Å². The molecule has 0 unspecified atom stereocenters. The van der Waals surface area contributed by atoms with Gasteiger partial charge in [-0.05, 0) is 42.8 Å². The maximum Gasteiger partial charge on any atom is 0.326 e. The molecule has 148 valence electrons. The summed E-state index contributed by atoms with van der Waals surface area (Å²) in [4.78, 5) is 28.5. The van der Waals surface area contributed by atoms with Gasteiger partial charge in [-0.25, -0.2) is 9.78 Å². The summed E-state index contributed by atoms with van der Waals surface area (Å²) in [6.07, 6.45) is 1.38. The number of aryl methyl sites for hydroxylation is 1. The SMILES string of the molecule is Cc1cccc(Cl)c1C(=O)NC(=O)Nc1ccc(Oc2cc(Cl)cc(Cl)c2)nc1. The largest absolute Gasteiger partial charge is 0.439 e. The quantitative estimate of drug-likeness (QED) is 0.503. The third-order valence-corrected chi connectivity index (χ3v) is 4.48. The molecule has 3 amide bonds. The van der Waals surface area contributed by atoms with Crippen molar-refractivity contribution in [3.05, 3.63) is 80.9 Å². The summed E-state index contributed by atoms with van der Waals surface area (Å²) in [5.41, 5.74) is 1.26. The molecule has 2 aromatic carbocycles. The van der Waals surface area contributed by atoms with E-state index in [0.29, 0.717) is 27.0 Å². The van der Waals surface area contributed by atoms with Gasteiger partial charge in [0.15, 0.2) is 0 Å². The van der Waals surface area contributed by atoms with Gasteiger partial charge in [-0.2, -0.15) is 0 Å². The molecule has 0 spiro atoms. The Hall–Kier alpha value is -2.80. The van der Waals surface area contributed by atoms with Gasteiger partial charge in [-0.3, -0.25) is 10.1 Å². The standard InChI is InChI=1S/C20H14Cl3N3O3/c1-11-3-2-4-16(23)18(11)19(27)26-20(28)25-14-5-6-17(24-10-14)29-15-8-12(21)7-13(22)9-15/h2-10H,1H3,(H2,25,26,27,28). The molecule has 0 saturated carbocycles. The number of urea groups is 1. The second-order valence-corrected chi connectivity index (χ2v) is 7.21. The van der Waals surface area contributed by atoms with E-state index in [9.17, 15) is 9.59 Å². The Morgan fingerprint density at radius 2 is 1.72 bits per heavy atom. The number of ether oxygens (including phenoxy) is 1. The first-order valence-electron chi connectivity index (χ1n) is 8.29. The normalized spacial score (nSPS) is 10.3. The predicted molar refractivity (Wildman–Crippen MR) is 113 cm³/mol. The first-order chi connectivity index (χ1) is 13.8. The number of hydrogen-bond acceptors (Lipinski definition) is 4. The number of benzene rings is 2. The lowest BCUT2D eigenvalue weighted by atomic mass is 10.1. The summed E-state index contributed by atoms with van der Waals surface area (Å²) in [5.74, 6) is 0.0996. The Morgan fingerprint density at radius 1 is 1.00 bits per heavy atom. The molecule has 0 bridgehead atoms. The van der Waals surface area contributed by atoms with Crippen LogP contribution in [0.2, 0.25) is 15.1 Å². The number of aromatic nitrogens is 1. The lowest BCUT2D eigenvalue weighted by Crippen LogP contribution is -2.34. The van der Waals surface area contributed by atoms with Crippen LogP contribution in [0.15, 0.2) is 54.7 Å². The molecule has 0 aliphatic heterocycles. The zero-order valence-electron chi connectivity index (χ0n) is 15.0. The van der Waals surface area contributed by atoms with Gasteiger partial charge in [0.2, 0.25) is 5.88 Å². The van der Waals surface area contributed by atoms with Gasteiger partial charge < -0.3 is 10.1 Å². The Kier molecular flexibility index (Phi) is 6.59. The van der Waals surface area contributed by atoms with E-state index < -0.39 is 11.9 Å². The molecular weight excluding hydrogens is 437 g/mol. The molecule has 29 heavy (non-hydrogen) atoms. The van der Waals surface area contributed by atoms with Crippen LogP contribution in [0.5, 0.6) is 11.6 Å². The highest BCUT2D eigenvalue weighted by atomic mass is 35.5. The van der Waals surface area contributed by atoms with Crippen molar-refractivity contribution in [1.29, 1.82) is 0 Å². The van der Waals surface area contributed by atoms with E-state index in [1.165, 1.54) is 6.20 Å². The summed E-state index contributed by atoms with van der Waals surface area (Å²) in [7, 11) is 0. The van der Waals surface area contributed by atoms with E-state index >= 15 is 0 Å². The van der Waals surface area contributed by atoms with Gasteiger partial charge >= 0.3 is 6.03 Å². The molecule has 9 heteroatoms. The lowest BCUT2D eigenvalue weighted by molar-refractivity contribution is 0.0966. The fourth-order valence-corrected chi connectivity index (χ4v) is 3.28. The third-order valence-electron chi connectivity index (χ3n) is 3.73. The number of imide groups is 1. The van der Waals surface area contributed by atoms with Crippen LogP contribution in [-0.2, 0) is 0 Å². The smallest absolute Gasteiger partial charge is 0.326 e. The van der Waals surface area contributed by atoms with Crippen LogP contribution in [0.4, 0.5) is 10.5 Å². The number of anilines is 1. The van der Waals surface area contributed by atoms with Crippen molar-refractivity contribution < 1.29 is 14.3 Å². The number of nitrogens with zero attached hydrogens (tertiary/aromatic N) is 1. The summed E-state index contributed by atoms with van der Waals surface area (Å²) in [6, 6.07) is 12.2. The van der Waals surface area contributed by atoms with E-state index in [0.717, 1.165) is 0 Å². The fourth-order valence-electron chi connectivity index (χ4n) is 2.47. The van der Waals surface area contributed by atoms with Crippen LogP contribution in [0, 0.1) is 6.92 Å². The fraction of sp³-hybridized carbons (Fsp3) is 0.0500. The van der Waals surface area contributed by atoms with Crippen LogP contribution < -0.4 is 15.4 Å². The number of carbonyl (C=O) groups excluding carboxylic acids is 2. The molecule has 1 heterocycles. The molecule has 2 N–H and O–H groups in total. The summed E-state index contributed by atoms with van der Waals surface area (Å²) >= 11 is 17.9. The highest BCUT2D eigenvalue weighted by Crippen LogP contribution is 2.27. The Morgan fingerprint density at radius 3 is 2.34 bits per heavy atom. The maximum atomic E-state index is 12.3. The van der Waals surface area contributed by atoms with Crippen molar-refractivity contribution in [2.75, 3.05) is 5.32 Å². The molecule has 0 fully saturated rings. The molecule has 0 saturated heterocycles. The van der Waals surface area contributed by atoms with Crippen LogP contribution >= 0.6 is 34.8 Å². The summed E-state index contributed by atoms with van der Waals surface area (Å²) in [5, 5.41) is 5.87. The monoisotopic (exact) mass is 449 g/mol. The minimum Gasteiger partial charge on any atom is -0.439 e. The molecule has 0 radical (unpaired) electrons. The van der Waals surface area contributed by atoms with E-state index in [1.807, 2.05) is 0 Å². The van der Waals surface area contributed by atoms with E-state index in [2.05, 4.69) is 15.6 Å². The molecule has 0 aliphatic carbocycles. The van der Waals surface area contributed by atoms with Crippen LogP contribution in [-0.4, -0.2) is 16.9 Å². The highest BCUT2D eigenvalue weighted by Gasteiger charge is 2.16. The van der Waals surface area contributed by atoms with Crippen molar-refractivity contribution >= 4 is 52.4 Å². The molecular formula is C20H14Cl3N3O3. The van der Waals surface area contributed by atoms with Crippen molar-refractivity contribution in [3.63, 3.8) is 0 Å². The van der Waals surface area contributed by atoms with Crippen molar-refractivity contribution in [2.45, 2.75) is 6.92 Å². The average Bonchev–Trinajstić information content (AvgIpc) is 2.62. The molecule has 3 rings (SSSR count). The first-order valence-corrected chi connectivity index (χ1v) is 9.42. The van der Waals surface area contributed by atoms with Gasteiger partial charge in [-0.15, -0.1) is 0 Å². The summed E-state index contributed by atoms with van der Waals surface area (Å²) < 4.78 is 5.57. The third kappa shape index (κ3) is 5.60. The lowest BCUT2D eigenvalue weighted by Gasteiger charge is -2.10. The Bertz CT molecular complexity index is 1030. The maximum absolute atomic E-state index is 12.3. The van der Waals surface area contributed by atoms with Gasteiger partial charge in [0.05, 0.1) is 22.5 Å². The molecule has 1 aromatic heterocycles. The number of nitrogens with one attached hydrogen (secondary N) is 2. The minimum atomic E-state index is -0.716. The predicted octanol–water partition coefficient (Wildman–Crippen LogP) is 6.10. The molecule has 0 atom stereocenters. The van der Waals surface area contributed by atoms with Gasteiger partial charge in [0, 0.05) is 16.1 Å². The first kappa shape index (κ1) is 20.9. The molecule has 3 aromatic rings. The number of pyridine rings is 1. The number of halogens is 3. The second-order valence-electron chi connectivity index (χ2n) is 5.93. The number of carbonyl (C=O) groups is 2. The van der Waals surface area contributed by atoms with Crippen LogP contribution in [0.3, 0.4) is 0 Å². The van der Waals surface area contributed by atoms with E-state index in [1.54, 1.807) is 55.5 Å².